The van der Waals surface area contributed by atoms with E-state index in [1.165, 1.54) is 27.9 Å². The van der Waals surface area contributed by atoms with E-state index >= 15 is 0 Å². The van der Waals surface area contributed by atoms with Crippen LogP contribution in [0.2, 0.25) is 0 Å². The second-order valence-electron chi connectivity index (χ2n) is 9.49. The second-order valence-corrected chi connectivity index (χ2v) is 9.49. The van der Waals surface area contributed by atoms with Gasteiger partial charge in [-0.1, -0.05) is 6.07 Å². The first-order valence-corrected chi connectivity index (χ1v) is 11.8. The molecule has 2 fully saturated rings. The lowest BCUT2D eigenvalue weighted by Crippen LogP contribution is -2.51. The van der Waals surface area contributed by atoms with Gasteiger partial charge in [0, 0.05) is 17.3 Å². The lowest BCUT2D eigenvalue weighted by molar-refractivity contribution is 0.0400. The van der Waals surface area contributed by atoms with E-state index in [0.717, 1.165) is 24.6 Å². The topological polar surface area (TPSA) is 104 Å². The molecule has 0 bridgehead atoms. The van der Waals surface area contributed by atoms with E-state index in [-0.39, 0.29) is 35.6 Å². The van der Waals surface area contributed by atoms with Crippen LogP contribution in [0.15, 0.2) is 47.5 Å². The number of hydrogen-bond donors (Lipinski definition) is 2. The van der Waals surface area contributed by atoms with Crippen molar-refractivity contribution >= 4 is 16.9 Å². The lowest BCUT2D eigenvalue weighted by atomic mass is 9.97. The summed E-state index contributed by atoms with van der Waals surface area (Å²) in [6.45, 7) is 1.55. The molecular weight excluding hydrogens is 468 g/mol. The summed E-state index contributed by atoms with van der Waals surface area (Å²) >= 11 is 0. The standard InChI is InChI=1S/C26H23F2N5O3/c1-13(34)20-9-22-24(31-20)26(36)33(12-29-22)23-7-15(6-21(30-23)14-2-3-14)18-5-4-16(27)8-19(18)25(35)32-10-17(28)11-32/h4-9,12-14,17,31,34H,2-3,10-11H2,1H3. The highest BCUT2D eigenvalue weighted by atomic mass is 19.1. The van der Waals surface area contributed by atoms with Gasteiger partial charge in [0.05, 0.1) is 30.3 Å². The van der Waals surface area contributed by atoms with Crippen LogP contribution in [0.1, 0.15) is 53.5 Å². The third-order valence-corrected chi connectivity index (χ3v) is 6.73. The van der Waals surface area contributed by atoms with Gasteiger partial charge in [-0.3, -0.25) is 9.59 Å². The van der Waals surface area contributed by atoms with E-state index in [1.807, 2.05) is 6.07 Å². The molecule has 10 heteroatoms. The molecule has 1 aromatic carbocycles. The minimum atomic E-state index is -1.07. The number of carbonyl (C=O) groups is 1. The molecule has 8 nitrogen and oxygen atoms in total. The van der Waals surface area contributed by atoms with Crippen molar-refractivity contribution in [2.75, 3.05) is 13.1 Å². The predicted octanol–water partition coefficient (Wildman–Crippen LogP) is 3.64. The number of nitrogens with zero attached hydrogens (tertiary/aromatic N) is 4. The number of halogens is 2. The molecule has 36 heavy (non-hydrogen) atoms. The van der Waals surface area contributed by atoms with Gasteiger partial charge in [0.2, 0.25) is 0 Å². The summed E-state index contributed by atoms with van der Waals surface area (Å²) in [5.41, 5.74) is 2.74. The van der Waals surface area contributed by atoms with Gasteiger partial charge in [0.1, 0.15) is 29.7 Å². The van der Waals surface area contributed by atoms with E-state index in [2.05, 4.69) is 9.97 Å². The smallest absolute Gasteiger partial charge is 0.283 e. The molecule has 2 aliphatic rings. The number of aromatic amines is 1. The molecule has 4 heterocycles. The molecule has 1 saturated heterocycles. The van der Waals surface area contributed by atoms with Crippen LogP contribution >= 0.6 is 0 Å². The number of carbonyl (C=O) groups excluding carboxylic acids is 1. The van der Waals surface area contributed by atoms with Crippen molar-refractivity contribution in [1.82, 2.24) is 24.4 Å². The maximum Gasteiger partial charge on any atom is 0.283 e. The Hall–Kier alpha value is -3.92. The van der Waals surface area contributed by atoms with Gasteiger partial charge < -0.3 is 15.0 Å². The fraction of sp³-hybridized carbons (Fsp3) is 0.308. The number of aliphatic hydroxyl groups excluding tert-OH is 1. The monoisotopic (exact) mass is 491 g/mol. The zero-order valence-corrected chi connectivity index (χ0v) is 19.4. The van der Waals surface area contributed by atoms with Crippen LogP contribution in [-0.2, 0) is 0 Å². The fourth-order valence-corrected chi connectivity index (χ4v) is 4.52. The number of likely N-dealkylation sites (tertiary alicyclic amines) is 1. The van der Waals surface area contributed by atoms with Crippen molar-refractivity contribution < 1.29 is 18.7 Å². The molecule has 1 aliphatic heterocycles. The average molecular weight is 491 g/mol. The first-order valence-electron chi connectivity index (χ1n) is 11.8. The number of hydrogen-bond acceptors (Lipinski definition) is 5. The first kappa shape index (κ1) is 22.5. The molecule has 184 valence electrons. The molecule has 1 saturated carbocycles. The van der Waals surface area contributed by atoms with Crippen molar-refractivity contribution in [1.29, 1.82) is 0 Å². The highest BCUT2D eigenvalue weighted by Crippen LogP contribution is 2.41. The average Bonchev–Trinajstić information content (AvgIpc) is 3.59. The minimum absolute atomic E-state index is 0.0185. The van der Waals surface area contributed by atoms with Crippen molar-refractivity contribution in [3.63, 3.8) is 0 Å². The number of pyridine rings is 1. The number of H-pyrrole nitrogens is 1. The van der Waals surface area contributed by atoms with E-state index < -0.39 is 24.0 Å². The van der Waals surface area contributed by atoms with E-state index in [1.54, 1.807) is 19.1 Å². The Morgan fingerprint density at radius 1 is 1.19 bits per heavy atom. The highest BCUT2D eigenvalue weighted by molar-refractivity contribution is 6.01. The van der Waals surface area contributed by atoms with E-state index in [0.29, 0.717) is 28.2 Å². The molecule has 4 aromatic rings. The Bertz CT molecular complexity index is 1570. The van der Waals surface area contributed by atoms with Crippen LogP contribution in [0.3, 0.4) is 0 Å². The molecule has 6 rings (SSSR count). The summed E-state index contributed by atoms with van der Waals surface area (Å²) in [6.07, 6.45) is 1.43. The summed E-state index contributed by atoms with van der Waals surface area (Å²) in [4.78, 5) is 39.7. The maximum absolute atomic E-state index is 14.2. The zero-order chi connectivity index (χ0) is 25.1. The molecular formula is C26H23F2N5O3. The SMILES string of the molecule is CC(O)c1cc2ncn(-c3cc(-c4ccc(F)cc4C(=O)N4CC(F)C4)cc(C4CC4)n3)c(=O)c2[nH]1. The number of fused-ring (bicyclic) bond motifs is 1. The Balaban J connectivity index is 1.49. The van der Waals surface area contributed by atoms with Gasteiger partial charge in [-0.2, -0.15) is 0 Å². The fourth-order valence-electron chi connectivity index (χ4n) is 4.52. The lowest BCUT2D eigenvalue weighted by Gasteiger charge is -2.34. The first-order chi connectivity index (χ1) is 17.3. The van der Waals surface area contributed by atoms with Crippen molar-refractivity contribution in [3.05, 3.63) is 75.8 Å². The maximum atomic E-state index is 14.2. The Labute approximate surface area is 204 Å². The van der Waals surface area contributed by atoms with Crippen LogP contribution in [0.4, 0.5) is 8.78 Å². The number of amides is 1. The number of rotatable bonds is 5. The molecule has 2 N–H and O–H groups in total. The van der Waals surface area contributed by atoms with Crippen LogP contribution in [0.25, 0.3) is 28.0 Å². The van der Waals surface area contributed by atoms with Crippen LogP contribution in [0, 0.1) is 5.82 Å². The van der Waals surface area contributed by atoms with Crippen LogP contribution in [0.5, 0.6) is 0 Å². The summed E-state index contributed by atoms with van der Waals surface area (Å²) in [5.74, 6) is -0.465. The highest BCUT2D eigenvalue weighted by Gasteiger charge is 2.33. The summed E-state index contributed by atoms with van der Waals surface area (Å²) < 4.78 is 28.9. The van der Waals surface area contributed by atoms with E-state index in [9.17, 15) is 23.5 Å². The quantitative estimate of drug-likeness (QED) is 0.444. The van der Waals surface area contributed by atoms with Gasteiger partial charge in [-0.25, -0.2) is 23.3 Å². The van der Waals surface area contributed by atoms with Gasteiger partial charge >= 0.3 is 0 Å². The zero-order valence-electron chi connectivity index (χ0n) is 19.4. The van der Waals surface area contributed by atoms with E-state index in [4.69, 9.17) is 4.98 Å². The van der Waals surface area contributed by atoms with Crippen molar-refractivity contribution in [2.24, 2.45) is 0 Å². The molecule has 1 unspecified atom stereocenters. The third kappa shape index (κ3) is 3.87. The molecule has 0 spiro atoms. The van der Waals surface area contributed by atoms with Crippen molar-refractivity contribution in [2.45, 2.75) is 38.0 Å². The third-order valence-electron chi connectivity index (χ3n) is 6.73. The number of aliphatic hydroxyl groups is 1. The number of aromatic nitrogens is 4. The molecule has 1 atom stereocenters. The second kappa shape index (κ2) is 8.34. The molecule has 3 aromatic heterocycles. The molecule has 1 amide bonds. The molecule has 0 radical (unpaired) electrons. The normalized spacial score (nSPS) is 16.8. The minimum Gasteiger partial charge on any atom is -0.387 e. The Morgan fingerprint density at radius 3 is 2.67 bits per heavy atom. The van der Waals surface area contributed by atoms with Crippen molar-refractivity contribution in [3.8, 4) is 16.9 Å². The van der Waals surface area contributed by atoms with Crippen LogP contribution < -0.4 is 5.56 Å². The predicted molar refractivity (Wildman–Crippen MR) is 128 cm³/mol. The van der Waals surface area contributed by atoms with Gasteiger partial charge in [-0.05, 0) is 61.2 Å². The Morgan fingerprint density at radius 2 is 1.97 bits per heavy atom. The van der Waals surface area contributed by atoms with Gasteiger partial charge in [0.15, 0.2) is 0 Å². The summed E-state index contributed by atoms with van der Waals surface area (Å²) in [5, 5.41) is 9.88. The van der Waals surface area contributed by atoms with Crippen LogP contribution in [-0.4, -0.2) is 54.7 Å². The van der Waals surface area contributed by atoms with Gasteiger partial charge in [-0.15, -0.1) is 0 Å². The summed E-state index contributed by atoms with van der Waals surface area (Å²) in [6, 6.07) is 9.10. The number of benzene rings is 1. The Kier molecular flexibility index (Phi) is 5.22. The number of alkyl halides is 1. The summed E-state index contributed by atoms with van der Waals surface area (Å²) in [7, 11) is 0. The largest absolute Gasteiger partial charge is 0.387 e. The number of nitrogens with one attached hydrogen (secondary N) is 1. The molecule has 1 aliphatic carbocycles. The van der Waals surface area contributed by atoms with Gasteiger partial charge in [0.25, 0.3) is 11.5 Å².